The maximum Gasteiger partial charge on any atom is 0.306 e. The van der Waals surface area contributed by atoms with E-state index < -0.39 is 6.10 Å². The number of esters is 3. The third-order valence-electron chi connectivity index (χ3n) is 13.1. The van der Waals surface area contributed by atoms with Gasteiger partial charge in [0.1, 0.15) is 13.2 Å². The molecular weight excluding hydrogens is 781 g/mol. The lowest BCUT2D eigenvalue weighted by Crippen LogP contribution is -2.30. The van der Waals surface area contributed by atoms with E-state index >= 15 is 0 Å². The van der Waals surface area contributed by atoms with Crippen LogP contribution in [0.15, 0.2) is 0 Å². The number of hydrogen-bond acceptors (Lipinski definition) is 6. The van der Waals surface area contributed by atoms with Gasteiger partial charge in [-0.3, -0.25) is 14.4 Å². The summed E-state index contributed by atoms with van der Waals surface area (Å²) < 4.78 is 16.8. The van der Waals surface area contributed by atoms with E-state index in [-0.39, 0.29) is 31.1 Å². The van der Waals surface area contributed by atoms with Crippen LogP contribution in [0.25, 0.3) is 0 Å². The molecular formula is C57H110O6. The fourth-order valence-corrected chi connectivity index (χ4v) is 8.80. The number of rotatable bonds is 53. The molecule has 0 N–H and O–H groups in total. The zero-order chi connectivity index (χ0) is 45.8. The van der Waals surface area contributed by atoms with E-state index in [2.05, 4.69) is 20.8 Å². The van der Waals surface area contributed by atoms with Crippen molar-refractivity contribution in [1.82, 2.24) is 0 Å². The molecule has 0 spiro atoms. The van der Waals surface area contributed by atoms with Gasteiger partial charge in [-0.15, -0.1) is 0 Å². The Morgan fingerprint density at radius 3 is 0.635 bits per heavy atom. The highest BCUT2D eigenvalue weighted by atomic mass is 16.6. The third kappa shape index (κ3) is 51.3. The highest BCUT2D eigenvalue weighted by Gasteiger charge is 2.19. The van der Waals surface area contributed by atoms with Gasteiger partial charge in [0.05, 0.1) is 0 Å². The van der Waals surface area contributed by atoms with Gasteiger partial charge in [0.2, 0.25) is 0 Å². The Morgan fingerprint density at radius 2 is 0.429 bits per heavy atom. The van der Waals surface area contributed by atoms with Gasteiger partial charge >= 0.3 is 17.9 Å². The van der Waals surface area contributed by atoms with E-state index in [9.17, 15) is 14.4 Å². The summed E-state index contributed by atoms with van der Waals surface area (Å²) in [4.78, 5) is 38.0. The Balaban J connectivity index is 4.20. The van der Waals surface area contributed by atoms with Gasteiger partial charge in [-0.05, 0) is 19.3 Å². The maximum atomic E-state index is 12.8. The number of carbonyl (C=O) groups is 3. The van der Waals surface area contributed by atoms with Crippen molar-refractivity contribution in [2.45, 2.75) is 335 Å². The maximum absolute atomic E-state index is 12.8. The van der Waals surface area contributed by atoms with Crippen molar-refractivity contribution in [2.75, 3.05) is 13.2 Å². The Morgan fingerprint density at radius 1 is 0.254 bits per heavy atom. The van der Waals surface area contributed by atoms with Gasteiger partial charge in [0.25, 0.3) is 0 Å². The molecule has 0 radical (unpaired) electrons. The number of unbranched alkanes of at least 4 members (excludes halogenated alkanes) is 42. The van der Waals surface area contributed by atoms with Crippen LogP contribution >= 0.6 is 0 Å². The van der Waals surface area contributed by atoms with E-state index in [0.29, 0.717) is 19.3 Å². The van der Waals surface area contributed by atoms with Crippen LogP contribution in [0.1, 0.15) is 329 Å². The molecule has 6 heteroatoms. The molecule has 0 heterocycles. The Hall–Kier alpha value is -1.59. The summed E-state index contributed by atoms with van der Waals surface area (Å²) in [6.07, 6.45) is 58.1. The van der Waals surface area contributed by atoms with Gasteiger partial charge in [-0.1, -0.05) is 290 Å². The average molecular weight is 892 g/mol. The van der Waals surface area contributed by atoms with Crippen molar-refractivity contribution >= 4 is 17.9 Å². The van der Waals surface area contributed by atoms with Gasteiger partial charge in [-0.2, -0.15) is 0 Å². The molecule has 0 aromatic carbocycles. The molecule has 0 saturated carbocycles. The van der Waals surface area contributed by atoms with E-state index in [1.807, 2.05) is 0 Å². The van der Waals surface area contributed by atoms with Crippen LogP contribution in [0.2, 0.25) is 0 Å². The lowest BCUT2D eigenvalue weighted by molar-refractivity contribution is -0.167. The number of ether oxygens (including phenoxy) is 3. The molecule has 0 unspecified atom stereocenters. The Kier molecular flexibility index (Phi) is 51.7. The van der Waals surface area contributed by atoms with E-state index in [1.54, 1.807) is 0 Å². The normalized spacial score (nSPS) is 11.9. The minimum Gasteiger partial charge on any atom is -0.462 e. The van der Waals surface area contributed by atoms with E-state index in [4.69, 9.17) is 14.2 Å². The highest BCUT2D eigenvalue weighted by Crippen LogP contribution is 2.18. The molecule has 1 atom stereocenters. The summed E-state index contributed by atoms with van der Waals surface area (Å²) in [6, 6.07) is 0. The zero-order valence-electron chi connectivity index (χ0n) is 42.9. The predicted octanol–water partition coefficient (Wildman–Crippen LogP) is 18.8. The van der Waals surface area contributed by atoms with Gasteiger partial charge in [-0.25, -0.2) is 0 Å². The average Bonchev–Trinajstić information content (AvgIpc) is 3.28. The predicted molar refractivity (Wildman–Crippen MR) is 270 cm³/mol. The van der Waals surface area contributed by atoms with Crippen molar-refractivity contribution in [3.05, 3.63) is 0 Å². The van der Waals surface area contributed by atoms with Crippen LogP contribution in [0.4, 0.5) is 0 Å². The van der Waals surface area contributed by atoms with Crippen molar-refractivity contribution in [2.24, 2.45) is 0 Å². The minimum atomic E-state index is -0.760. The smallest absolute Gasteiger partial charge is 0.306 e. The molecule has 0 aromatic rings. The molecule has 0 aliphatic heterocycles. The minimum absolute atomic E-state index is 0.0615. The summed E-state index contributed by atoms with van der Waals surface area (Å²) in [5, 5.41) is 0. The molecule has 0 saturated heterocycles. The molecule has 0 aliphatic carbocycles. The number of hydrogen-bond donors (Lipinski definition) is 0. The standard InChI is InChI=1S/C57H110O6/c1-4-7-10-13-16-19-21-23-25-27-29-31-33-35-38-41-44-47-50-56(59)62-53-54(52-61-55(58)49-46-43-40-37-18-15-12-9-6-3)63-57(60)51-48-45-42-39-36-34-32-30-28-26-24-22-20-17-14-11-8-5-2/h54H,4-53H2,1-3H3/t54-/m1/s1. The second-order valence-corrected chi connectivity index (χ2v) is 19.6. The Labute approximate surface area is 393 Å². The summed E-state index contributed by atoms with van der Waals surface area (Å²) in [5.74, 6) is -0.837. The van der Waals surface area contributed by atoms with Gasteiger partial charge in [0, 0.05) is 19.3 Å². The van der Waals surface area contributed by atoms with Crippen LogP contribution in [-0.4, -0.2) is 37.2 Å². The summed E-state index contributed by atoms with van der Waals surface area (Å²) >= 11 is 0. The quantitative estimate of drug-likeness (QED) is 0.0344. The zero-order valence-corrected chi connectivity index (χ0v) is 42.9. The molecule has 63 heavy (non-hydrogen) atoms. The van der Waals surface area contributed by atoms with Crippen LogP contribution in [-0.2, 0) is 28.6 Å². The molecule has 0 aromatic heterocycles. The molecule has 0 amide bonds. The van der Waals surface area contributed by atoms with Gasteiger partial charge in [0.15, 0.2) is 6.10 Å². The SMILES string of the molecule is CCCCCCCCCCCCCCCCCCCCC(=O)OC[C@@H](COC(=O)CCCCCCCCCCC)OC(=O)CCCCCCCCCCCCCCCCCCCC. The second-order valence-electron chi connectivity index (χ2n) is 19.6. The second kappa shape index (κ2) is 53.0. The van der Waals surface area contributed by atoms with Crippen molar-refractivity contribution in [1.29, 1.82) is 0 Å². The number of carbonyl (C=O) groups excluding carboxylic acids is 3. The fraction of sp³-hybridized carbons (Fsp3) is 0.947. The summed E-state index contributed by atoms with van der Waals surface area (Å²) in [5.41, 5.74) is 0. The Bertz CT molecular complexity index is 936. The van der Waals surface area contributed by atoms with E-state index in [1.165, 1.54) is 231 Å². The molecule has 0 aliphatic rings. The summed E-state index contributed by atoms with van der Waals surface area (Å²) in [7, 11) is 0. The largest absolute Gasteiger partial charge is 0.462 e. The van der Waals surface area contributed by atoms with Crippen molar-refractivity contribution in [3.8, 4) is 0 Å². The lowest BCUT2D eigenvalue weighted by atomic mass is 10.0. The first kappa shape index (κ1) is 61.4. The van der Waals surface area contributed by atoms with Crippen LogP contribution in [0, 0.1) is 0 Å². The third-order valence-corrected chi connectivity index (χ3v) is 13.1. The molecule has 0 fully saturated rings. The van der Waals surface area contributed by atoms with E-state index in [0.717, 1.165) is 57.8 Å². The lowest BCUT2D eigenvalue weighted by Gasteiger charge is -2.18. The first-order chi connectivity index (χ1) is 31.0. The molecule has 6 nitrogen and oxygen atoms in total. The molecule has 374 valence electrons. The molecule has 0 rings (SSSR count). The highest BCUT2D eigenvalue weighted by molar-refractivity contribution is 5.71. The van der Waals surface area contributed by atoms with Crippen molar-refractivity contribution < 1.29 is 28.6 Å². The summed E-state index contributed by atoms with van der Waals surface area (Å²) in [6.45, 7) is 6.69. The van der Waals surface area contributed by atoms with Crippen LogP contribution in [0.3, 0.4) is 0 Å². The van der Waals surface area contributed by atoms with Crippen molar-refractivity contribution in [3.63, 3.8) is 0 Å². The van der Waals surface area contributed by atoms with Crippen LogP contribution < -0.4 is 0 Å². The van der Waals surface area contributed by atoms with Gasteiger partial charge < -0.3 is 14.2 Å². The topological polar surface area (TPSA) is 78.9 Å². The first-order valence-electron chi connectivity index (χ1n) is 28.5. The van der Waals surface area contributed by atoms with Crippen LogP contribution in [0.5, 0.6) is 0 Å². The monoisotopic (exact) mass is 891 g/mol. The first-order valence-corrected chi connectivity index (χ1v) is 28.5. The molecule has 0 bridgehead atoms. The fourth-order valence-electron chi connectivity index (χ4n) is 8.80.